The molecule has 0 bridgehead atoms. The van der Waals surface area contributed by atoms with Crippen LogP contribution < -0.4 is 5.32 Å². The molecule has 1 aromatic carbocycles. The first-order valence-electron chi connectivity index (χ1n) is 5.95. The van der Waals surface area contributed by atoms with E-state index >= 15 is 0 Å². The molecule has 0 aliphatic rings. The second kappa shape index (κ2) is 5.90. The Kier molecular flexibility index (Phi) is 4.21. The zero-order chi connectivity index (χ0) is 15.6. The first-order chi connectivity index (χ1) is 9.90. The van der Waals surface area contributed by atoms with Gasteiger partial charge in [-0.25, -0.2) is 17.6 Å². The van der Waals surface area contributed by atoms with E-state index in [0.29, 0.717) is 17.7 Å². The Labute approximate surface area is 117 Å². The fourth-order valence-electron chi connectivity index (χ4n) is 1.75. The Hall–Kier alpha value is -2.44. The van der Waals surface area contributed by atoms with Gasteiger partial charge in [0, 0.05) is 6.20 Å². The average Bonchev–Trinajstić information content (AvgIpc) is 2.43. The molecular formula is C14H10F4N2O. The lowest BCUT2D eigenvalue weighted by molar-refractivity contribution is 0.0930. The summed E-state index contributed by atoms with van der Waals surface area (Å²) in [4.78, 5) is 15.4. The predicted octanol–water partition coefficient (Wildman–Crippen LogP) is 3.13. The number of nitrogens with zero attached hydrogens (tertiary/aromatic N) is 1. The number of pyridine rings is 1. The number of halogens is 4. The predicted molar refractivity (Wildman–Crippen MR) is 66.4 cm³/mol. The van der Waals surface area contributed by atoms with Gasteiger partial charge in [0.15, 0.2) is 11.6 Å². The maximum absolute atomic E-state index is 13.5. The number of benzene rings is 1. The Morgan fingerprint density at radius 2 is 1.81 bits per heavy atom. The minimum absolute atomic E-state index is 0.306. The summed E-state index contributed by atoms with van der Waals surface area (Å²) in [5.74, 6) is -5.84. The van der Waals surface area contributed by atoms with Gasteiger partial charge in [0.1, 0.15) is 17.2 Å². The number of rotatable bonds is 3. The molecule has 1 aromatic heterocycles. The molecule has 1 heterocycles. The molecule has 21 heavy (non-hydrogen) atoms. The lowest BCUT2D eigenvalue weighted by atomic mass is 10.1. The molecule has 2 rings (SSSR count). The molecule has 3 nitrogen and oxygen atoms in total. The van der Waals surface area contributed by atoms with Crippen LogP contribution in [0.1, 0.15) is 28.9 Å². The maximum atomic E-state index is 13.5. The van der Waals surface area contributed by atoms with Gasteiger partial charge in [0.25, 0.3) is 5.91 Å². The lowest BCUT2D eigenvalue weighted by Gasteiger charge is -2.14. The van der Waals surface area contributed by atoms with E-state index in [2.05, 4.69) is 10.3 Å². The van der Waals surface area contributed by atoms with E-state index < -0.39 is 40.8 Å². The van der Waals surface area contributed by atoms with Crippen molar-refractivity contribution in [3.8, 4) is 0 Å². The molecule has 1 atom stereocenters. The molecule has 2 aromatic rings. The van der Waals surface area contributed by atoms with Crippen molar-refractivity contribution in [1.29, 1.82) is 0 Å². The van der Waals surface area contributed by atoms with Crippen LogP contribution in [0.4, 0.5) is 17.6 Å². The molecule has 7 heteroatoms. The molecule has 1 amide bonds. The molecular weight excluding hydrogens is 288 g/mol. The Morgan fingerprint density at radius 1 is 1.14 bits per heavy atom. The van der Waals surface area contributed by atoms with Crippen LogP contribution in [-0.2, 0) is 0 Å². The SMILES string of the molecule is C[C@@H](NC(=O)c1c(F)ccc(F)c1F)c1cncc(F)c1. The van der Waals surface area contributed by atoms with E-state index in [1.807, 2.05) is 0 Å². The van der Waals surface area contributed by atoms with Crippen LogP contribution in [0.3, 0.4) is 0 Å². The summed E-state index contributed by atoms with van der Waals surface area (Å²) in [6.45, 7) is 1.48. The molecule has 0 unspecified atom stereocenters. The molecule has 110 valence electrons. The minimum Gasteiger partial charge on any atom is -0.345 e. The van der Waals surface area contributed by atoms with E-state index in [1.165, 1.54) is 13.1 Å². The van der Waals surface area contributed by atoms with Crippen molar-refractivity contribution in [2.24, 2.45) is 0 Å². The monoisotopic (exact) mass is 298 g/mol. The van der Waals surface area contributed by atoms with E-state index in [0.717, 1.165) is 12.3 Å². The van der Waals surface area contributed by atoms with E-state index in [4.69, 9.17) is 0 Å². The van der Waals surface area contributed by atoms with Crippen molar-refractivity contribution in [2.45, 2.75) is 13.0 Å². The van der Waals surface area contributed by atoms with Crippen molar-refractivity contribution in [3.63, 3.8) is 0 Å². The van der Waals surface area contributed by atoms with Crippen LogP contribution >= 0.6 is 0 Å². The van der Waals surface area contributed by atoms with Gasteiger partial charge in [-0.05, 0) is 30.7 Å². The Balaban J connectivity index is 2.24. The topological polar surface area (TPSA) is 42.0 Å². The first kappa shape index (κ1) is 15.0. The lowest BCUT2D eigenvalue weighted by Crippen LogP contribution is -2.28. The molecule has 0 fully saturated rings. The second-order valence-electron chi connectivity index (χ2n) is 4.35. The first-order valence-corrected chi connectivity index (χ1v) is 5.95. The molecule has 0 spiro atoms. The quantitative estimate of drug-likeness (QED) is 0.699. The number of hydrogen-bond acceptors (Lipinski definition) is 2. The summed E-state index contributed by atoms with van der Waals surface area (Å²) in [7, 11) is 0. The van der Waals surface area contributed by atoms with Crippen LogP contribution in [-0.4, -0.2) is 10.9 Å². The third-order valence-electron chi connectivity index (χ3n) is 2.84. The van der Waals surface area contributed by atoms with Gasteiger partial charge in [0.2, 0.25) is 0 Å². The average molecular weight is 298 g/mol. The fraction of sp³-hybridized carbons (Fsp3) is 0.143. The normalized spacial score (nSPS) is 12.0. The van der Waals surface area contributed by atoms with Gasteiger partial charge >= 0.3 is 0 Å². The molecule has 0 radical (unpaired) electrons. The summed E-state index contributed by atoms with van der Waals surface area (Å²) in [5.41, 5.74) is -0.716. The number of aromatic nitrogens is 1. The second-order valence-corrected chi connectivity index (χ2v) is 4.35. The van der Waals surface area contributed by atoms with Crippen LogP contribution in [0.5, 0.6) is 0 Å². The number of carbonyl (C=O) groups is 1. The molecule has 0 saturated carbocycles. The number of nitrogens with one attached hydrogen (secondary N) is 1. The standard InChI is InChI=1S/C14H10F4N2O/c1-7(8-4-9(15)6-19-5-8)20-14(21)12-10(16)2-3-11(17)13(12)18/h2-7H,1H3,(H,20,21)/t7-/m1/s1. The highest BCUT2D eigenvalue weighted by Crippen LogP contribution is 2.18. The summed E-state index contributed by atoms with van der Waals surface area (Å²) in [6, 6.07) is 1.60. The van der Waals surface area contributed by atoms with Crippen molar-refractivity contribution in [3.05, 3.63) is 65.0 Å². The van der Waals surface area contributed by atoms with Crippen LogP contribution in [0.25, 0.3) is 0 Å². The van der Waals surface area contributed by atoms with Gasteiger partial charge in [-0.3, -0.25) is 9.78 Å². The Morgan fingerprint density at radius 3 is 2.48 bits per heavy atom. The van der Waals surface area contributed by atoms with E-state index in [-0.39, 0.29) is 0 Å². The van der Waals surface area contributed by atoms with Crippen LogP contribution in [0, 0.1) is 23.3 Å². The highest BCUT2D eigenvalue weighted by atomic mass is 19.2. The largest absolute Gasteiger partial charge is 0.345 e. The summed E-state index contributed by atoms with van der Waals surface area (Å²) >= 11 is 0. The van der Waals surface area contributed by atoms with Gasteiger partial charge in [0.05, 0.1) is 12.2 Å². The maximum Gasteiger partial charge on any atom is 0.257 e. The molecule has 0 saturated heterocycles. The summed E-state index contributed by atoms with van der Waals surface area (Å²) in [6.07, 6.45) is 2.27. The number of amides is 1. The highest BCUT2D eigenvalue weighted by Gasteiger charge is 2.22. The van der Waals surface area contributed by atoms with Gasteiger partial charge in [-0.2, -0.15) is 0 Å². The van der Waals surface area contributed by atoms with Crippen LogP contribution in [0.15, 0.2) is 30.6 Å². The Bertz CT molecular complexity index is 691. The molecule has 0 aliphatic heterocycles. The van der Waals surface area contributed by atoms with Crippen molar-refractivity contribution in [2.75, 3.05) is 0 Å². The van der Waals surface area contributed by atoms with E-state index in [9.17, 15) is 22.4 Å². The summed E-state index contributed by atoms with van der Waals surface area (Å²) in [5, 5.41) is 2.26. The summed E-state index contributed by atoms with van der Waals surface area (Å²) < 4.78 is 53.0. The third kappa shape index (κ3) is 3.18. The minimum atomic E-state index is -1.57. The zero-order valence-corrected chi connectivity index (χ0v) is 10.8. The smallest absolute Gasteiger partial charge is 0.257 e. The van der Waals surface area contributed by atoms with Gasteiger partial charge in [-0.15, -0.1) is 0 Å². The van der Waals surface area contributed by atoms with Gasteiger partial charge in [-0.1, -0.05) is 0 Å². The number of carbonyl (C=O) groups excluding carboxylic acids is 1. The zero-order valence-electron chi connectivity index (χ0n) is 10.8. The van der Waals surface area contributed by atoms with Crippen molar-refractivity contribution >= 4 is 5.91 Å². The number of hydrogen-bond donors (Lipinski definition) is 1. The van der Waals surface area contributed by atoms with Crippen molar-refractivity contribution in [1.82, 2.24) is 10.3 Å². The highest BCUT2D eigenvalue weighted by molar-refractivity contribution is 5.95. The third-order valence-corrected chi connectivity index (χ3v) is 2.84. The van der Waals surface area contributed by atoms with E-state index in [1.54, 1.807) is 0 Å². The molecule has 1 N–H and O–H groups in total. The molecule has 0 aliphatic carbocycles. The van der Waals surface area contributed by atoms with Crippen LogP contribution in [0.2, 0.25) is 0 Å². The van der Waals surface area contributed by atoms with Gasteiger partial charge < -0.3 is 5.32 Å². The van der Waals surface area contributed by atoms with Crippen molar-refractivity contribution < 1.29 is 22.4 Å². The fourth-order valence-corrected chi connectivity index (χ4v) is 1.75.